The van der Waals surface area contributed by atoms with Crippen molar-refractivity contribution in [3.8, 4) is 17.2 Å². The highest BCUT2D eigenvalue weighted by atomic mass is 32.2. The number of rotatable bonds is 10. The number of anilines is 5. The Labute approximate surface area is 225 Å². The Morgan fingerprint density at radius 1 is 0.784 bits per heavy atom. The van der Waals surface area contributed by atoms with Crippen molar-refractivity contribution in [1.29, 1.82) is 0 Å². The second kappa shape index (κ2) is 12.7. The molecule has 0 atom stereocenters. The Hall–Kier alpha value is -4.09. The molecular weight excluding hydrogens is 508 g/mol. The SMILES string of the molecule is CCOc1ccc(NC(=S)Sc2nc(Nc3ccccc3OC)nc(Nc3ccccc3OC)n2)cc1. The molecule has 0 saturated heterocycles. The predicted octanol–water partition coefficient (Wildman–Crippen LogP) is 6.26. The third-order valence-electron chi connectivity index (χ3n) is 4.92. The molecule has 9 nitrogen and oxygen atoms in total. The number of hydrogen-bond acceptors (Lipinski definition) is 10. The Balaban J connectivity index is 1.58. The van der Waals surface area contributed by atoms with Gasteiger partial charge < -0.3 is 30.2 Å². The van der Waals surface area contributed by atoms with Gasteiger partial charge in [-0.2, -0.15) is 15.0 Å². The van der Waals surface area contributed by atoms with Gasteiger partial charge in [0.05, 0.1) is 32.2 Å². The predicted molar refractivity (Wildman–Crippen MR) is 152 cm³/mol. The molecule has 0 radical (unpaired) electrons. The van der Waals surface area contributed by atoms with E-state index in [2.05, 4.69) is 30.9 Å². The fourth-order valence-electron chi connectivity index (χ4n) is 3.28. The first-order chi connectivity index (χ1) is 18.1. The number of thioether (sulfide) groups is 1. The molecule has 0 spiro atoms. The van der Waals surface area contributed by atoms with Gasteiger partial charge in [0.2, 0.25) is 17.1 Å². The average molecular weight is 535 g/mol. The number of hydrogen-bond donors (Lipinski definition) is 3. The van der Waals surface area contributed by atoms with Gasteiger partial charge in [0.15, 0.2) is 0 Å². The van der Waals surface area contributed by atoms with Crippen LogP contribution in [-0.2, 0) is 0 Å². The Morgan fingerprint density at radius 2 is 1.32 bits per heavy atom. The van der Waals surface area contributed by atoms with Gasteiger partial charge in [-0.3, -0.25) is 0 Å². The summed E-state index contributed by atoms with van der Waals surface area (Å²) in [7, 11) is 3.21. The van der Waals surface area contributed by atoms with Gasteiger partial charge in [-0.25, -0.2) is 0 Å². The molecule has 0 fully saturated rings. The molecular formula is C26H26N6O3S2. The lowest BCUT2D eigenvalue weighted by atomic mass is 10.3. The maximum absolute atomic E-state index is 5.57. The fraction of sp³-hybridized carbons (Fsp3) is 0.154. The van der Waals surface area contributed by atoms with E-state index in [-0.39, 0.29) is 0 Å². The molecule has 4 rings (SSSR count). The van der Waals surface area contributed by atoms with Crippen molar-refractivity contribution in [3.05, 3.63) is 72.8 Å². The first kappa shape index (κ1) is 26.0. The van der Waals surface area contributed by atoms with E-state index in [1.54, 1.807) is 14.2 Å². The maximum atomic E-state index is 5.57. The largest absolute Gasteiger partial charge is 0.495 e. The molecule has 11 heteroatoms. The van der Waals surface area contributed by atoms with Gasteiger partial charge >= 0.3 is 0 Å². The minimum atomic E-state index is 0.322. The summed E-state index contributed by atoms with van der Waals surface area (Å²) in [5.41, 5.74) is 2.26. The summed E-state index contributed by atoms with van der Waals surface area (Å²) in [6, 6.07) is 22.6. The summed E-state index contributed by atoms with van der Waals surface area (Å²) in [5, 5.41) is 10.0. The molecule has 1 heterocycles. The van der Waals surface area contributed by atoms with Gasteiger partial charge in [0.25, 0.3) is 0 Å². The highest BCUT2D eigenvalue weighted by Gasteiger charge is 2.13. The van der Waals surface area contributed by atoms with Crippen LogP contribution in [0.3, 0.4) is 0 Å². The van der Waals surface area contributed by atoms with E-state index in [0.29, 0.717) is 50.9 Å². The number of nitrogens with zero attached hydrogens (tertiary/aromatic N) is 3. The van der Waals surface area contributed by atoms with Crippen molar-refractivity contribution < 1.29 is 14.2 Å². The van der Waals surface area contributed by atoms with Crippen LogP contribution in [0.1, 0.15) is 6.92 Å². The van der Waals surface area contributed by atoms with Gasteiger partial charge in [-0.1, -0.05) is 36.5 Å². The van der Waals surface area contributed by atoms with Crippen LogP contribution in [0.4, 0.5) is 29.0 Å². The summed E-state index contributed by atoms with van der Waals surface area (Å²) in [5.74, 6) is 2.75. The van der Waals surface area contributed by atoms with Gasteiger partial charge in [0, 0.05) is 5.69 Å². The van der Waals surface area contributed by atoms with E-state index in [1.807, 2.05) is 79.7 Å². The minimum Gasteiger partial charge on any atom is -0.495 e. The van der Waals surface area contributed by atoms with Crippen LogP contribution in [-0.4, -0.2) is 40.1 Å². The number of ether oxygens (including phenoxy) is 3. The maximum Gasteiger partial charge on any atom is 0.233 e. The molecule has 0 aliphatic heterocycles. The molecule has 4 aromatic rings. The molecule has 0 aliphatic carbocycles. The first-order valence-corrected chi connectivity index (χ1v) is 12.6. The zero-order valence-electron chi connectivity index (χ0n) is 20.5. The quantitative estimate of drug-likeness (QED) is 0.159. The molecule has 1 aromatic heterocycles. The second-order valence-electron chi connectivity index (χ2n) is 7.39. The average Bonchev–Trinajstić information content (AvgIpc) is 2.90. The summed E-state index contributed by atoms with van der Waals surface area (Å²) in [6.45, 7) is 2.55. The lowest BCUT2D eigenvalue weighted by Gasteiger charge is -2.14. The van der Waals surface area contributed by atoms with Crippen LogP contribution in [0, 0.1) is 0 Å². The minimum absolute atomic E-state index is 0.322. The van der Waals surface area contributed by atoms with Gasteiger partial charge in [0.1, 0.15) is 21.6 Å². The summed E-state index contributed by atoms with van der Waals surface area (Å²) in [6.07, 6.45) is 0. The van der Waals surface area contributed by atoms with E-state index >= 15 is 0 Å². The summed E-state index contributed by atoms with van der Waals surface area (Å²) in [4.78, 5) is 13.7. The zero-order valence-corrected chi connectivity index (χ0v) is 22.2. The topological polar surface area (TPSA) is 102 Å². The normalized spacial score (nSPS) is 10.4. The van der Waals surface area contributed by atoms with E-state index in [0.717, 1.165) is 11.4 Å². The van der Waals surface area contributed by atoms with Crippen LogP contribution in [0.5, 0.6) is 17.2 Å². The molecule has 37 heavy (non-hydrogen) atoms. The molecule has 0 aliphatic rings. The summed E-state index contributed by atoms with van der Waals surface area (Å²) < 4.78 is 16.9. The highest BCUT2D eigenvalue weighted by Crippen LogP contribution is 2.30. The van der Waals surface area contributed by atoms with E-state index < -0.39 is 0 Å². The van der Waals surface area contributed by atoms with Crippen LogP contribution >= 0.6 is 24.0 Å². The van der Waals surface area contributed by atoms with Crippen LogP contribution in [0.2, 0.25) is 0 Å². The van der Waals surface area contributed by atoms with Crippen LogP contribution in [0.15, 0.2) is 78.0 Å². The molecule has 190 valence electrons. The Kier molecular flexibility index (Phi) is 8.95. The Bertz CT molecular complexity index is 1290. The number of nitrogens with one attached hydrogen (secondary N) is 3. The number of thiocarbonyl (C=S) groups is 1. The van der Waals surface area contributed by atoms with Crippen molar-refractivity contribution in [3.63, 3.8) is 0 Å². The van der Waals surface area contributed by atoms with Crippen LogP contribution in [0.25, 0.3) is 0 Å². The number of methoxy groups -OCH3 is 2. The van der Waals surface area contributed by atoms with Crippen molar-refractivity contribution in [2.45, 2.75) is 12.1 Å². The molecule has 0 bridgehead atoms. The molecule has 3 aromatic carbocycles. The van der Waals surface area contributed by atoms with Gasteiger partial charge in [-0.15, -0.1) is 0 Å². The number of aromatic nitrogens is 3. The molecule has 0 unspecified atom stereocenters. The van der Waals surface area contributed by atoms with E-state index in [4.69, 9.17) is 26.4 Å². The lowest BCUT2D eigenvalue weighted by Crippen LogP contribution is -2.09. The van der Waals surface area contributed by atoms with Crippen molar-refractivity contribution in [2.75, 3.05) is 36.8 Å². The third kappa shape index (κ3) is 7.21. The highest BCUT2D eigenvalue weighted by molar-refractivity contribution is 8.23. The molecule has 3 N–H and O–H groups in total. The summed E-state index contributed by atoms with van der Waals surface area (Å²) >= 11 is 6.77. The van der Waals surface area contributed by atoms with Crippen molar-refractivity contribution in [1.82, 2.24) is 15.0 Å². The second-order valence-corrected chi connectivity index (χ2v) is 9.03. The number of benzene rings is 3. The smallest absolute Gasteiger partial charge is 0.233 e. The fourth-order valence-corrected chi connectivity index (χ4v) is 4.22. The van der Waals surface area contributed by atoms with Crippen molar-refractivity contribution in [2.24, 2.45) is 0 Å². The van der Waals surface area contributed by atoms with Crippen molar-refractivity contribution >= 4 is 57.3 Å². The van der Waals surface area contributed by atoms with E-state index in [9.17, 15) is 0 Å². The zero-order chi connectivity index (χ0) is 26.0. The lowest BCUT2D eigenvalue weighted by molar-refractivity contribution is 0.340. The van der Waals surface area contributed by atoms with Crippen LogP contribution < -0.4 is 30.2 Å². The monoisotopic (exact) mass is 534 g/mol. The number of para-hydroxylation sites is 4. The molecule has 0 amide bonds. The third-order valence-corrected chi connectivity index (χ3v) is 5.92. The standard InChI is InChI=1S/C26H26N6O3S2/c1-4-35-18-15-13-17(14-16-18)27-26(36)37-25-31-23(28-19-9-5-7-11-21(19)33-2)30-24(32-25)29-20-10-6-8-12-22(20)34-3/h5-16H,4H2,1-3H3,(H,27,36)(H2,28,29,30,31,32). The van der Waals surface area contributed by atoms with E-state index in [1.165, 1.54) is 11.8 Å². The molecule has 0 saturated carbocycles. The first-order valence-electron chi connectivity index (χ1n) is 11.4. The van der Waals surface area contributed by atoms with Gasteiger partial charge in [-0.05, 0) is 67.2 Å². The Morgan fingerprint density at radius 3 is 1.84 bits per heavy atom.